The minimum absolute atomic E-state index is 0.0156. The number of amides is 1. The first-order chi connectivity index (χ1) is 16.8. The summed E-state index contributed by atoms with van der Waals surface area (Å²) in [5, 5.41) is 6.72. The molecule has 0 unspecified atom stereocenters. The fourth-order valence-electron chi connectivity index (χ4n) is 4.31. The molecule has 1 aliphatic heterocycles. The second-order valence-corrected chi connectivity index (χ2v) is 11.1. The highest BCUT2D eigenvalue weighted by atomic mass is 35.5. The average Bonchev–Trinajstić information content (AvgIpc) is 2.87. The van der Waals surface area contributed by atoms with Crippen LogP contribution in [-0.4, -0.2) is 40.0 Å². The standard InChI is InChI=1S/C26H27Cl2N3O3S/c27-24-12-11-22(14-25(24)28)35(33,34)31-21-13-20(15-29-16-21)26(32)30-17-23(18-7-3-1-4-8-18)19-9-5-2-6-10-19/h1-12,14,20-21,23,29,31H,13,15-17H2,(H,30,32)/t20-,21+/m0/s1. The van der Waals surface area contributed by atoms with E-state index in [0.29, 0.717) is 26.1 Å². The SMILES string of the molecule is O=C(NCC(c1ccccc1)c1ccccc1)[C@@H]1CNC[C@H](NS(=O)(=O)c2ccc(Cl)c(Cl)c2)C1. The molecule has 3 aromatic carbocycles. The van der Waals surface area contributed by atoms with Gasteiger partial charge in [-0.25, -0.2) is 13.1 Å². The first kappa shape index (κ1) is 25.7. The lowest BCUT2D eigenvalue weighted by Gasteiger charge is -2.30. The number of piperidine rings is 1. The Morgan fingerprint density at radius 2 is 1.54 bits per heavy atom. The van der Waals surface area contributed by atoms with Crippen molar-refractivity contribution in [1.29, 1.82) is 0 Å². The first-order valence-corrected chi connectivity index (χ1v) is 13.6. The molecule has 0 radical (unpaired) electrons. The smallest absolute Gasteiger partial charge is 0.240 e. The molecule has 0 aromatic heterocycles. The molecule has 0 bridgehead atoms. The van der Waals surface area contributed by atoms with Crippen LogP contribution in [0.5, 0.6) is 0 Å². The molecule has 6 nitrogen and oxygen atoms in total. The van der Waals surface area contributed by atoms with Gasteiger partial charge in [-0.1, -0.05) is 83.9 Å². The van der Waals surface area contributed by atoms with E-state index in [1.54, 1.807) is 0 Å². The van der Waals surface area contributed by atoms with Gasteiger partial charge >= 0.3 is 0 Å². The molecule has 1 heterocycles. The third-order valence-corrected chi connectivity index (χ3v) is 8.39. The van der Waals surface area contributed by atoms with Crippen LogP contribution >= 0.6 is 23.2 Å². The lowest BCUT2D eigenvalue weighted by molar-refractivity contribution is -0.125. The third kappa shape index (κ3) is 6.63. The van der Waals surface area contributed by atoms with Gasteiger partial charge in [0.15, 0.2) is 0 Å². The van der Waals surface area contributed by atoms with Crippen LogP contribution in [0.15, 0.2) is 83.8 Å². The van der Waals surface area contributed by atoms with E-state index in [4.69, 9.17) is 23.2 Å². The van der Waals surface area contributed by atoms with Crippen LogP contribution in [0.2, 0.25) is 10.0 Å². The molecule has 184 valence electrons. The maximum Gasteiger partial charge on any atom is 0.240 e. The summed E-state index contributed by atoms with van der Waals surface area (Å²) in [5.41, 5.74) is 2.24. The zero-order valence-electron chi connectivity index (χ0n) is 19.0. The predicted molar refractivity (Wildman–Crippen MR) is 139 cm³/mol. The van der Waals surface area contributed by atoms with Crippen LogP contribution in [0.1, 0.15) is 23.5 Å². The lowest BCUT2D eigenvalue weighted by Crippen LogP contribution is -2.52. The molecule has 1 fully saturated rings. The molecule has 35 heavy (non-hydrogen) atoms. The van der Waals surface area contributed by atoms with Crippen molar-refractivity contribution in [2.24, 2.45) is 5.92 Å². The molecule has 0 saturated carbocycles. The van der Waals surface area contributed by atoms with Gasteiger partial charge in [0.1, 0.15) is 0 Å². The molecular formula is C26H27Cl2N3O3S. The molecular weight excluding hydrogens is 505 g/mol. The minimum atomic E-state index is -3.81. The van der Waals surface area contributed by atoms with E-state index in [-0.39, 0.29) is 32.7 Å². The molecule has 9 heteroatoms. The number of carbonyl (C=O) groups is 1. The lowest BCUT2D eigenvalue weighted by atomic mass is 9.90. The van der Waals surface area contributed by atoms with Gasteiger partial charge in [-0.15, -0.1) is 0 Å². The Kier molecular flexibility index (Phi) is 8.46. The average molecular weight is 532 g/mol. The van der Waals surface area contributed by atoms with Gasteiger partial charge in [0, 0.05) is 31.6 Å². The zero-order chi connectivity index (χ0) is 24.8. The summed E-state index contributed by atoms with van der Waals surface area (Å²) >= 11 is 11.9. The zero-order valence-corrected chi connectivity index (χ0v) is 21.3. The second-order valence-electron chi connectivity index (χ2n) is 8.60. The van der Waals surface area contributed by atoms with Crippen molar-refractivity contribution in [3.8, 4) is 0 Å². The van der Waals surface area contributed by atoms with Crippen LogP contribution in [0, 0.1) is 5.92 Å². The summed E-state index contributed by atoms with van der Waals surface area (Å²) in [7, 11) is -3.81. The molecule has 1 saturated heterocycles. The summed E-state index contributed by atoms with van der Waals surface area (Å²) in [5.74, 6) is -0.452. The van der Waals surface area contributed by atoms with Gasteiger partial charge in [0.25, 0.3) is 0 Å². The van der Waals surface area contributed by atoms with E-state index in [2.05, 4.69) is 39.6 Å². The third-order valence-electron chi connectivity index (χ3n) is 6.13. The highest BCUT2D eigenvalue weighted by Crippen LogP contribution is 2.26. The van der Waals surface area contributed by atoms with Gasteiger partial charge in [-0.2, -0.15) is 0 Å². The van der Waals surface area contributed by atoms with Gasteiger partial charge < -0.3 is 10.6 Å². The normalized spacial score (nSPS) is 18.4. The molecule has 0 aliphatic carbocycles. The Bertz CT molecular complexity index is 1220. The molecule has 1 amide bonds. The van der Waals surface area contributed by atoms with Crippen LogP contribution in [0.3, 0.4) is 0 Å². The highest BCUT2D eigenvalue weighted by molar-refractivity contribution is 7.89. The van der Waals surface area contributed by atoms with E-state index < -0.39 is 16.1 Å². The topological polar surface area (TPSA) is 87.3 Å². The van der Waals surface area contributed by atoms with Gasteiger partial charge in [0.2, 0.25) is 15.9 Å². The number of carbonyl (C=O) groups excluding carboxylic acids is 1. The molecule has 4 rings (SSSR count). The molecule has 1 aliphatic rings. The molecule has 2 atom stereocenters. The van der Waals surface area contributed by atoms with Gasteiger partial charge in [0.05, 0.1) is 20.9 Å². The Balaban J connectivity index is 1.40. The molecule has 3 aromatic rings. The van der Waals surface area contributed by atoms with Crippen molar-refractivity contribution in [1.82, 2.24) is 15.4 Å². The fourth-order valence-corrected chi connectivity index (χ4v) is 5.95. The van der Waals surface area contributed by atoms with E-state index in [1.807, 2.05) is 36.4 Å². The van der Waals surface area contributed by atoms with Crippen LogP contribution < -0.4 is 15.4 Å². The van der Waals surface area contributed by atoms with E-state index in [1.165, 1.54) is 18.2 Å². The van der Waals surface area contributed by atoms with Crippen molar-refractivity contribution >= 4 is 39.1 Å². The number of rotatable bonds is 8. The van der Waals surface area contributed by atoms with Crippen LogP contribution in [0.25, 0.3) is 0 Å². The van der Waals surface area contributed by atoms with Crippen molar-refractivity contribution < 1.29 is 13.2 Å². The monoisotopic (exact) mass is 531 g/mol. The van der Waals surface area contributed by atoms with Crippen LogP contribution in [-0.2, 0) is 14.8 Å². The van der Waals surface area contributed by atoms with Crippen molar-refractivity contribution in [2.45, 2.75) is 23.3 Å². The van der Waals surface area contributed by atoms with Gasteiger partial charge in [-0.05, 0) is 35.7 Å². The number of hydrogen-bond acceptors (Lipinski definition) is 4. The maximum atomic E-state index is 13.1. The Morgan fingerprint density at radius 1 is 0.914 bits per heavy atom. The van der Waals surface area contributed by atoms with Crippen molar-refractivity contribution in [3.05, 3.63) is 100 Å². The highest BCUT2D eigenvalue weighted by Gasteiger charge is 2.30. The summed E-state index contributed by atoms with van der Waals surface area (Å²) in [4.78, 5) is 13.1. The molecule has 0 spiro atoms. The summed E-state index contributed by atoms with van der Waals surface area (Å²) < 4.78 is 28.3. The van der Waals surface area contributed by atoms with Crippen LogP contribution in [0.4, 0.5) is 0 Å². The second kappa shape index (κ2) is 11.5. The van der Waals surface area contributed by atoms with E-state index >= 15 is 0 Å². The molecule has 3 N–H and O–H groups in total. The number of hydrogen-bond donors (Lipinski definition) is 3. The summed E-state index contributed by atoms with van der Waals surface area (Å²) in [6, 6.07) is 23.9. The minimum Gasteiger partial charge on any atom is -0.355 e. The number of nitrogens with one attached hydrogen (secondary N) is 3. The predicted octanol–water partition coefficient (Wildman–Crippen LogP) is 4.20. The summed E-state index contributed by atoms with van der Waals surface area (Å²) in [6.45, 7) is 1.36. The number of sulfonamides is 1. The number of benzene rings is 3. The van der Waals surface area contributed by atoms with Gasteiger partial charge in [-0.3, -0.25) is 4.79 Å². The largest absolute Gasteiger partial charge is 0.355 e. The first-order valence-electron chi connectivity index (χ1n) is 11.4. The maximum absolute atomic E-state index is 13.1. The Hall–Kier alpha value is -2.42. The van der Waals surface area contributed by atoms with Crippen molar-refractivity contribution in [2.75, 3.05) is 19.6 Å². The van der Waals surface area contributed by atoms with Crippen molar-refractivity contribution in [3.63, 3.8) is 0 Å². The Morgan fingerprint density at radius 3 is 2.14 bits per heavy atom. The fraction of sp³-hybridized carbons (Fsp3) is 0.269. The number of halogens is 2. The van der Waals surface area contributed by atoms with E-state index in [0.717, 1.165) is 11.1 Å². The quantitative estimate of drug-likeness (QED) is 0.406. The van der Waals surface area contributed by atoms with E-state index in [9.17, 15) is 13.2 Å². The summed E-state index contributed by atoms with van der Waals surface area (Å²) in [6.07, 6.45) is 0.390. The Labute approximate surface area is 216 Å².